The monoisotopic (exact) mass is 181 g/mol. The molecular weight excluding hydrogens is 166 g/mol. The Balaban J connectivity index is 2.85. The summed E-state index contributed by atoms with van der Waals surface area (Å²) in [6.45, 7) is 0.543. The van der Waals surface area contributed by atoms with E-state index in [0.717, 1.165) is 5.56 Å². The zero-order chi connectivity index (χ0) is 9.68. The van der Waals surface area contributed by atoms with Gasteiger partial charge >= 0.3 is 0 Å². The van der Waals surface area contributed by atoms with E-state index < -0.39 is 0 Å². The van der Waals surface area contributed by atoms with Crippen LogP contribution < -0.4 is 16.9 Å². The lowest BCUT2D eigenvalue weighted by atomic mass is 10.0. The number of rotatable bonds is 4. The molecule has 0 radical (unpaired) electrons. The standard InChI is InChI=1S/C9H15N3O/c10-6-5-8(11)7-3-1-2-4-9(7)12-13/h1-4,8,12-13H,5-6,10-11H2. The SMILES string of the molecule is NCCC(N)c1ccccc1NO. The average Bonchev–Trinajstić information content (AvgIpc) is 2.18. The molecule has 13 heavy (non-hydrogen) atoms. The van der Waals surface area contributed by atoms with Gasteiger partial charge in [-0.3, -0.25) is 10.7 Å². The van der Waals surface area contributed by atoms with Crippen LogP contribution in [0.3, 0.4) is 0 Å². The zero-order valence-corrected chi connectivity index (χ0v) is 7.40. The first kappa shape index (κ1) is 9.98. The summed E-state index contributed by atoms with van der Waals surface area (Å²) in [5.41, 5.74) is 14.9. The molecule has 72 valence electrons. The van der Waals surface area contributed by atoms with Gasteiger partial charge in [0, 0.05) is 6.04 Å². The van der Waals surface area contributed by atoms with Crippen molar-refractivity contribution in [3.63, 3.8) is 0 Å². The number of hydrogen-bond acceptors (Lipinski definition) is 4. The van der Waals surface area contributed by atoms with Gasteiger partial charge in [0.05, 0.1) is 5.69 Å². The minimum absolute atomic E-state index is 0.124. The highest BCUT2D eigenvalue weighted by molar-refractivity contribution is 5.50. The van der Waals surface area contributed by atoms with Gasteiger partial charge in [-0.1, -0.05) is 18.2 Å². The first-order valence-corrected chi connectivity index (χ1v) is 4.24. The fourth-order valence-corrected chi connectivity index (χ4v) is 1.26. The van der Waals surface area contributed by atoms with Crippen LogP contribution in [0.25, 0.3) is 0 Å². The number of anilines is 1. The quantitative estimate of drug-likeness (QED) is 0.518. The van der Waals surface area contributed by atoms with E-state index >= 15 is 0 Å². The smallest absolute Gasteiger partial charge is 0.0649 e. The van der Waals surface area contributed by atoms with Crippen molar-refractivity contribution >= 4 is 5.69 Å². The van der Waals surface area contributed by atoms with E-state index in [-0.39, 0.29) is 6.04 Å². The minimum Gasteiger partial charge on any atom is -0.330 e. The largest absolute Gasteiger partial charge is 0.330 e. The highest BCUT2D eigenvalue weighted by atomic mass is 16.5. The molecule has 4 heteroatoms. The molecule has 0 heterocycles. The van der Waals surface area contributed by atoms with Gasteiger partial charge in [-0.25, -0.2) is 0 Å². The van der Waals surface area contributed by atoms with Crippen molar-refractivity contribution in [3.05, 3.63) is 29.8 Å². The average molecular weight is 181 g/mol. The summed E-state index contributed by atoms with van der Waals surface area (Å²) >= 11 is 0. The topological polar surface area (TPSA) is 84.3 Å². The van der Waals surface area contributed by atoms with Crippen molar-refractivity contribution in [1.29, 1.82) is 0 Å². The van der Waals surface area contributed by atoms with Gasteiger partial charge in [0.1, 0.15) is 0 Å². The highest BCUT2D eigenvalue weighted by Gasteiger charge is 2.08. The molecule has 1 aromatic rings. The summed E-state index contributed by atoms with van der Waals surface area (Å²) in [6.07, 6.45) is 0.707. The van der Waals surface area contributed by atoms with Crippen LogP contribution >= 0.6 is 0 Å². The van der Waals surface area contributed by atoms with Crippen molar-refractivity contribution in [1.82, 2.24) is 0 Å². The molecule has 0 amide bonds. The first-order chi connectivity index (χ1) is 6.29. The summed E-state index contributed by atoms with van der Waals surface area (Å²) in [6, 6.07) is 7.23. The minimum atomic E-state index is -0.124. The number of hydrogen-bond donors (Lipinski definition) is 4. The van der Waals surface area contributed by atoms with Crippen LogP contribution in [-0.2, 0) is 0 Å². The van der Waals surface area contributed by atoms with Crippen LogP contribution in [-0.4, -0.2) is 11.8 Å². The van der Waals surface area contributed by atoms with E-state index in [1.807, 2.05) is 18.2 Å². The second-order valence-electron chi connectivity index (χ2n) is 2.88. The van der Waals surface area contributed by atoms with E-state index in [1.54, 1.807) is 6.07 Å². The molecule has 1 atom stereocenters. The van der Waals surface area contributed by atoms with Gasteiger partial charge in [0.25, 0.3) is 0 Å². The Labute approximate surface area is 77.5 Å². The number of para-hydroxylation sites is 1. The first-order valence-electron chi connectivity index (χ1n) is 4.24. The fourth-order valence-electron chi connectivity index (χ4n) is 1.26. The second-order valence-corrected chi connectivity index (χ2v) is 2.88. The van der Waals surface area contributed by atoms with Crippen molar-refractivity contribution in [3.8, 4) is 0 Å². The maximum atomic E-state index is 8.80. The van der Waals surface area contributed by atoms with Crippen LogP contribution in [0, 0.1) is 0 Å². The summed E-state index contributed by atoms with van der Waals surface area (Å²) in [5, 5.41) is 8.80. The van der Waals surface area contributed by atoms with Crippen LogP contribution in [0.2, 0.25) is 0 Å². The number of nitrogens with two attached hydrogens (primary N) is 2. The van der Waals surface area contributed by atoms with Gasteiger partial charge in [0.15, 0.2) is 0 Å². The molecule has 0 fully saturated rings. The zero-order valence-electron chi connectivity index (χ0n) is 7.40. The summed E-state index contributed by atoms with van der Waals surface area (Å²) in [4.78, 5) is 0. The Morgan fingerprint density at radius 1 is 1.38 bits per heavy atom. The molecule has 0 aromatic heterocycles. The normalized spacial score (nSPS) is 12.5. The maximum Gasteiger partial charge on any atom is 0.0649 e. The van der Waals surface area contributed by atoms with Crippen LogP contribution in [0.4, 0.5) is 5.69 Å². The molecule has 0 bridgehead atoms. The Hall–Kier alpha value is -1.10. The molecule has 1 aromatic carbocycles. The third-order valence-electron chi connectivity index (χ3n) is 1.96. The van der Waals surface area contributed by atoms with Gasteiger partial charge in [0.2, 0.25) is 0 Å². The third kappa shape index (κ3) is 2.42. The predicted molar refractivity (Wildman–Crippen MR) is 52.5 cm³/mol. The van der Waals surface area contributed by atoms with E-state index in [4.69, 9.17) is 16.7 Å². The molecule has 0 aliphatic rings. The molecule has 0 saturated carbocycles. The van der Waals surface area contributed by atoms with E-state index in [0.29, 0.717) is 18.7 Å². The molecule has 0 saturated heterocycles. The van der Waals surface area contributed by atoms with Gasteiger partial charge in [-0.05, 0) is 24.6 Å². The fraction of sp³-hybridized carbons (Fsp3) is 0.333. The lowest BCUT2D eigenvalue weighted by Crippen LogP contribution is -2.16. The number of nitrogens with one attached hydrogen (secondary N) is 1. The maximum absolute atomic E-state index is 8.80. The molecule has 0 aliphatic carbocycles. The lowest BCUT2D eigenvalue weighted by Gasteiger charge is -2.14. The molecular formula is C9H15N3O. The molecule has 4 nitrogen and oxygen atoms in total. The van der Waals surface area contributed by atoms with Gasteiger partial charge < -0.3 is 11.5 Å². The van der Waals surface area contributed by atoms with Crippen molar-refractivity contribution in [2.45, 2.75) is 12.5 Å². The third-order valence-corrected chi connectivity index (χ3v) is 1.96. The van der Waals surface area contributed by atoms with Gasteiger partial charge in [-0.15, -0.1) is 0 Å². The van der Waals surface area contributed by atoms with Gasteiger partial charge in [-0.2, -0.15) is 0 Å². The second kappa shape index (κ2) is 4.81. The van der Waals surface area contributed by atoms with E-state index in [1.165, 1.54) is 0 Å². The predicted octanol–water partition coefficient (Wildman–Crippen LogP) is 0.836. The summed E-state index contributed by atoms with van der Waals surface area (Å²) in [5.74, 6) is 0. The lowest BCUT2D eigenvalue weighted by molar-refractivity contribution is 0.387. The van der Waals surface area contributed by atoms with Crippen LogP contribution in [0.1, 0.15) is 18.0 Å². The highest BCUT2D eigenvalue weighted by Crippen LogP contribution is 2.21. The molecule has 1 rings (SSSR count). The van der Waals surface area contributed by atoms with E-state index in [2.05, 4.69) is 5.48 Å². The Morgan fingerprint density at radius 3 is 2.69 bits per heavy atom. The molecule has 6 N–H and O–H groups in total. The van der Waals surface area contributed by atoms with Crippen LogP contribution in [0.5, 0.6) is 0 Å². The summed E-state index contributed by atoms with van der Waals surface area (Å²) in [7, 11) is 0. The van der Waals surface area contributed by atoms with Crippen molar-refractivity contribution < 1.29 is 5.21 Å². The Morgan fingerprint density at radius 2 is 2.08 bits per heavy atom. The summed E-state index contributed by atoms with van der Waals surface area (Å²) < 4.78 is 0. The van der Waals surface area contributed by atoms with Crippen molar-refractivity contribution in [2.75, 3.05) is 12.0 Å². The number of benzene rings is 1. The Bertz CT molecular complexity index is 265. The Kier molecular flexibility index (Phi) is 3.70. The molecule has 1 unspecified atom stereocenters. The molecule has 0 aliphatic heterocycles. The van der Waals surface area contributed by atoms with Crippen molar-refractivity contribution in [2.24, 2.45) is 11.5 Å². The van der Waals surface area contributed by atoms with E-state index in [9.17, 15) is 0 Å². The molecule has 0 spiro atoms. The van der Waals surface area contributed by atoms with Crippen LogP contribution in [0.15, 0.2) is 24.3 Å².